The van der Waals surface area contributed by atoms with Crippen molar-refractivity contribution in [1.29, 1.82) is 0 Å². The molecule has 5 heteroatoms. The summed E-state index contributed by atoms with van der Waals surface area (Å²) in [5.41, 5.74) is 0.951. The molecular formula is C15H23N3O2. The molecular weight excluding hydrogens is 254 g/mol. The van der Waals surface area contributed by atoms with Gasteiger partial charge in [0.2, 0.25) is 0 Å². The molecule has 1 saturated heterocycles. The maximum atomic E-state index is 11.0. The zero-order chi connectivity index (χ0) is 14.5. The van der Waals surface area contributed by atoms with Gasteiger partial charge in [-0.25, -0.2) is 0 Å². The maximum absolute atomic E-state index is 11.0. The summed E-state index contributed by atoms with van der Waals surface area (Å²) < 4.78 is 0. The Kier molecular flexibility index (Phi) is 5.09. The first-order chi connectivity index (χ1) is 9.59. The molecule has 1 aliphatic heterocycles. The standard InChI is InChI=1S/C15H23N3O2/c1-12(17-9-5-6-10-17)11-16-13(2)14-7-3-4-8-15(14)18(19)20/h3-4,7-8,12-13,16H,5-6,9-11H2,1-2H3. The van der Waals surface area contributed by atoms with Crippen LogP contribution in [0.3, 0.4) is 0 Å². The Bertz CT molecular complexity index is 458. The van der Waals surface area contributed by atoms with Gasteiger partial charge < -0.3 is 5.32 Å². The van der Waals surface area contributed by atoms with Gasteiger partial charge in [-0.05, 0) is 39.8 Å². The van der Waals surface area contributed by atoms with Crippen LogP contribution < -0.4 is 5.32 Å². The van der Waals surface area contributed by atoms with Crippen LogP contribution in [-0.2, 0) is 0 Å². The summed E-state index contributed by atoms with van der Waals surface area (Å²) in [7, 11) is 0. The monoisotopic (exact) mass is 277 g/mol. The Balaban J connectivity index is 1.94. The molecule has 0 saturated carbocycles. The number of nitrogens with zero attached hydrogens (tertiary/aromatic N) is 2. The lowest BCUT2D eigenvalue weighted by molar-refractivity contribution is -0.385. The van der Waals surface area contributed by atoms with Gasteiger partial charge in [0.25, 0.3) is 5.69 Å². The molecule has 0 bridgehead atoms. The summed E-state index contributed by atoms with van der Waals surface area (Å²) in [5.74, 6) is 0. The molecule has 0 amide bonds. The van der Waals surface area contributed by atoms with Gasteiger partial charge >= 0.3 is 0 Å². The molecule has 1 aromatic rings. The van der Waals surface area contributed by atoms with Gasteiger partial charge in [0.15, 0.2) is 0 Å². The van der Waals surface area contributed by atoms with Crippen LogP contribution in [0.4, 0.5) is 5.69 Å². The molecule has 0 spiro atoms. The van der Waals surface area contributed by atoms with E-state index in [1.165, 1.54) is 25.9 Å². The minimum absolute atomic E-state index is 0.0124. The minimum atomic E-state index is -0.308. The highest BCUT2D eigenvalue weighted by Gasteiger charge is 2.21. The minimum Gasteiger partial charge on any atom is -0.308 e. The van der Waals surface area contributed by atoms with Crippen LogP contribution >= 0.6 is 0 Å². The second kappa shape index (κ2) is 6.81. The lowest BCUT2D eigenvalue weighted by atomic mass is 10.1. The molecule has 0 aliphatic carbocycles. The topological polar surface area (TPSA) is 58.4 Å². The Morgan fingerprint density at radius 3 is 2.60 bits per heavy atom. The fourth-order valence-electron chi connectivity index (χ4n) is 2.79. The summed E-state index contributed by atoms with van der Waals surface area (Å²) >= 11 is 0. The van der Waals surface area contributed by atoms with E-state index in [0.29, 0.717) is 6.04 Å². The van der Waals surface area contributed by atoms with E-state index in [9.17, 15) is 10.1 Å². The molecule has 0 aromatic heterocycles. The molecule has 1 fully saturated rings. The van der Waals surface area contributed by atoms with Crippen molar-refractivity contribution in [1.82, 2.24) is 10.2 Å². The van der Waals surface area contributed by atoms with Crippen molar-refractivity contribution in [3.63, 3.8) is 0 Å². The van der Waals surface area contributed by atoms with Gasteiger partial charge in [0, 0.05) is 30.3 Å². The average molecular weight is 277 g/mol. The van der Waals surface area contributed by atoms with Gasteiger partial charge in [0.1, 0.15) is 0 Å². The third-order valence-corrected chi connectivity index (χ3v) is 4.08. The van der Waals surface area contributed by atoms with Crippen molar-refractivity contribution >= 4 is 5.69 Å². The van der Waals surface area contributed by atoms with Gasteiger partial charge in [-0.3, -0.25) is 15.0 Å². The molecule has 1 heterocycles. The zero-order valence-electron chi connectivity index (χ0n) is 12.2. The fourth-order valence-corrected chi connectivity index (χ4v) is 2.79. The second-order valence-electron chi connectivity index (χ2n) is 5.54. The molecule has 5 nitrogen and oxygen atoms in total. The molecule has 1 N–H and O–H groups in total. The Labute approximate surface area is 120 Å². The highest BCUT2D eigenvalue weighted by atomic mass is 16.6. The number of para-hydroxylation sites is 1. The number of rotatable bonds is 6. The van der Waals surface area contributed by atoms with E-state index in [2.05, 4.69) is 17.1 Å². The lowest BCUT2D eigenvalue weighted by Crippen LogP contribution is -2.39. The average Bonchev–Trinajstić information content (AvgIpc) is 2.98. The van der Waals surface area contributed by atoms with Crippen LogP contribution in [0.1, 0.15) is 38.3 Å². The number of likely N-dealkylation sites (tertiary alicyclic amines) is 1. The summed E-state index contributed by atoms with van der Waals surface area (Å²) in [6.45, 7) is 7.39. The van der Waals surface area contributed by atoms with Gasteiger partial charge in [-0.15, -0.1) is 0 Å². The van der Waals surface area contributed by atoms with E-state index in [1.807, 2.05) is 19.1 Å². The number of benzene rings is 1. The Morgan fingerprint density at radius 2 is 1.95 bits per heavy atom. The molecule has 110 valence electrons. The third kappa shape index (κ3) is 3.55. The molecule has 0 radical (unpaired) electrons. The van der Waals surface area contributed by atoms with Crippen molar-refractivity contribution in [3.05, 3.63) is 39.9 Å². The van der Waals surface area contributed by atoms with Gasteiger partial charge in [0.05, 0.1) is 4.92 Å². The largest absolute Gasteiger partial charge is 0.308 e. The van der Waals surface area contributed by atoms with E-state index in [0.717, 1.165) is 12.1 Å². The van der Waals surface area contributed by atoms with E-state index in [1.54, 1.807) is 12.1 Å². The fraction of sp³-hybridized carbons (Fsp3) is 0.600. The Morgan fingerprint density at radius 1 is 1.30 bits per heavy atom. The first kappa shape index (κ1) is 14.9. The van der Waals surface area contributed by atoms with Crippen LogP contribution in [0.5, 0.6) is 0 Å². The number of nitro groups is 1. The van der Waals surface area contributed by atoms with E-state index >= 15 is 0 Å². The highest BCUT2D eigenvalue weighted by molar-refractivity contribution is 5.41. The van der Waals surface area contributed by atoms with Crippen LogP contribution in [0.2, 0.25) is 0 Å². The van der Waals surface area contributed by atoms with Crippen molar-refractivity contribution < 1.29 is 4.92 Å². The number of nitrogens with one attached hydrogen (secondary N) is 1. The molecule has 1 aliphatic rings. The van der Waals surface area contributed by atoms with Crippen LogP contribution in [0.15, 0.2) is 24.3 Å². The number of hydrogen-bond donors (Lipinski definition) is 1. The van der Waals surface area contributed by atoms with E-state index < -0.39 is 0 Å². The molecule has 2 rings (SSSR count). The van der Waals surface area contributed by atoms with Crippen molar-refractivity contribution in [2.75, 3.05) is 19.6 Å². The molecule has 2 unspecified atom stereocenters. The first-order valence-electron chi connectivity index (χ1n) is 7.30. The predicted octanol–water partition coefficient (Wildman–Crippen LogP) is 2.73. The van der Waals surface area contributed by atoms with Gasteiger partial charge in [-0.2, -0.15) is 0 Å². The summed E-state index contributed by atoms with van der Waals surface area (Å²) in [6, 6.07) is 7.42. The SMILES string of the molecule is CC(NCC(C)N1CCCC1)c1ccccc1[N+](=O)[O-]. The zero-order valence-corrected chi connectivity index (χ0v) is 12.2. The predicted molar refractivity (Wildman–Crippen MR) is 79.8 cm³/mol. The maximum Gasteiger partial charge on any atom is 0.274 e. The summed E-state index contributed by atoms with van der Waals surface area (Å²) in [5, 5.41) is 14.5. The summed E-state index contributed by atoms with van der Waals surface area (Å²) in [4.78, 5) is 13.2. The smallest absolute Gasteiger partial charge is 0.274 e. The van der Waals surface area contributed by atoms with Crippen LogP contribution in [0.25, 0.3) is 0 Å². The van der Waals surface area contributed by atoms with Crippen molar-refractivity contribution in [2.45, 2.75) is 38.8 Å². The number of nitro benzene ring substituents is 1. The van der Waals surface area contributed by atoms with Crippen LogP contribution in [-0.4, -0.2) is 35.5 Å². The molecule has 1 aromatic carbocycles. The Hall–Kier alpha value is -1.46. The van der Waals surface area contributed by atoms with Crippen LogP contribution in [0, 0.1) is 10.1 Å². The van der Waals surface area contributed by atoms with E-state index in [4.69, 9.17) is 0 Å². The first-order valence-corrected chi connectivity index (χ1v) is 7.30. The quantitative estimate of drug-likeness (QED) is 0.641. The normalized spacial score (nSPS) is 18.9. The number of hydrogen-bond acceptors (Lipinski definition) is 4. The second-order valence-corrected chi connectivity index (χ2v) is 5.54. The summed E-state index contributed by atoms with van der Waals surface area (Å²) in [6.07, 6.45) is 2.56. The third-order valence-electron chi connectivity index (χ3n) is 4.08. The van der Waals surface area contributed by atoms with Crippen molar-refractivity contribution in [3.8, 4) is 0 Å². The van der Waals surface area contributed by atoms with Gasteiger partial charge in [-0.1, -0.05) is 18.2 Å². The molecule has 20 heavy (non-hydrogen) atoms. The van der Waals surface area contributed by atoms with E-state index in [-0.39, 0.29) is 16.7 Å². The highest BCUT2D eigenvalue weighted by Crippen LogP contribution is 2.24. The lowest BCUT2D eigenvalue weighted by Gasteiger charge is -2.25. The van der Waals surface area contributed by atoms with Crippen molar-refractivity contribution in [2.24, 2.45) is 0 Å². The molecule has 2 atom stereocenters.